The van der Waals surface area contributed by atoms with Crippen molar-refractivity contribution < 1.29 is 24.4 Å². The van der Waals surface area contributed by atoms with Gasteiger partial charge in [0.25, 0.3) is 17.4 Å². The lowest BCUT2D eigenvalue weighted by molar-refractivity contribution is -0.384. The molecule has 0 saturated carbocycles. The van der Waals surface area contributed by atoms with Crippen LogP contribution in [0.25, 0.3) is 5.76 Å². The van der Waals surface area contributed by atoms with E-state index in [-0.39, 0.29) is 23.6 Å². The van der Waals surface area contributed by atoms with Crippen LogP contribution in [-0.4, -0.2) is 70.9 Å². The first-order valence-electron chi connectivity index (χ1n) is 11.2. The van der Waals surface area contributed by atoms with Gasteiger partial charge in [0.05, 0.1) is 29.8 Å². The summed E-state index contributed by atoms with van der Waals surface area (Å²) in [6.07, 6.45) is 0. The third kappa shape index (κ3) is 4.57. The Hall–Kier alpha value is -3.56. The predicted molar refractivity (Wildman–Crippen MR) is 125 cm³/mol. The van der Waals surface area contributed by atoms with E-state index in [0.717, 1.165) is 24.2 Å². The standard InChI is InChI=1S/C25H27N3O6/c1-16-3-4-17(2)20(15-16)23(29)21-22(18-5-7-19(8-6-18)28(32)33)27(25(31)24(21)30)10-9-26-11-13-34-14-12-26/h3-8,15,22,29H,9-14H2,1-2H3/b23-21+. The van der Waals surface area contributed by atoms with Crippen LogP contribution in [-0.2, 0) is 14.3 Å². The summed E-state index contributed by atoms with van der Waals surface area (Å²) in [6.45, 7) is 7.20. The second-order valence-electron chi connectivity index (χ2n) is 8.61. The molecule has 34 heavy (non-hydrogen) atoms. The number of likely N-dealkylation sites (tertiary alicyclic amines) is 1. The number of morpholine rings is 1. The van der Waals surface area contributed by atoms with Crippen LogP contribution in [0.15, 0.2) is 48.0 Å². The van der Waals surface area contributed by atoms with E-state index in [2.05, 4.69) is 4.90 Å². The number of nitro benzene ring substituents is 1. The molecule has 0 spiro atoms. The number of aryl methyl sites for hydroxylation is 2. The number of carbonyl (C=O) groups excluding carboxylic acids is 2. The number of amides is 1. The summed E-state index contributed by atoms with van der Waals surface area (Å²) in [4.78, 5) is 40.5. The molecule has 0 aliphatic carbocycles. The Morgan fingerprint density at radius 2 is 1.76 bits per heavy atom. The minimum Gasteiger partial charge on any atom is -0.507 e. The first kappa shape index (κ1) is 23.6. The molecule has 178 valence electrons. The number of ketones is 1. The maximum absolute atomic E-state index is 13.2. The number of Topliss-reactive ketones (excluding diaryl/α,β-unsaturated/α-hetero) is 1. The Morgan fingerprint density at radius 3 is 2.41 bits per heavy atom. The summed E-state index contributed by atoms with van der Waals surface area (Å²) < 4.78 is 5.38. The number of carbonyl (C=O) groups is 2. The Balaban J connectivity index is 1.78. The maximum Gasteiger partial charge on any atom is 0.295 e. The van der Waals surface area contributed by atoms with Crippen LogP contribution in [0.5, 0.6) is 0 Å². The number of rotatable bonds is 6. The summed E-state index contributed by atoms with van der Waals surface area (Å²) in [5, 5.41) is 22.4. The van der Waals surface area contributed by atoms with E-state index in [9.17, 15) is 24.8 Å². The van der Waals surface area contributed by atoms with Gasteiger partial charge >= 0.3 is 0 Å². The van der Waals surface area contributed by atoms with Gasteiger partial charge in [-0.25, -0.2) is 0 Å². The third-order valence-electron chi connectivity index (χ3n) is 6.37. The quantitative estimate of drug-likeness (QED) is 0.229. The Kier molecular flexibility index (Phi) is 6.76. The molecule has 2 aliphatic rings. The molecule has 1 atom stereocenters. The first-order chi connectivity index (χ1) is 16.3. The number of benzene rings is 2. The van der Waals surface area contributed by atoms with Gasteiger partial charge in [0.2, 0.25) is 0 Å². The predicted octanol–water partition coefficient (Wildman–Crippen LogP) is 2.97. The van der Waals surface area contributed by atoms with E-state index >= 15 is 0 Å². The van der Waals surface area contributed by atoms with E-state index in [1.54, 1.807) is 6.07 Å². The van der Waals surface area contributed by atoms with Gasteiger partial charge in [-0.05, 0) is 43.2 Å². The molecule has 2 saturated heterocycles. The van der Waals surface area contributed by atoms with Crippen molar-refractivity contribution in [3.63, 3.8) is 0 Å². The van der Waals surface area contributed by atoms with Crippen molar-refractivity contribution in [2.45, 2.75) is 19.9 Å². The average Bonchev–Trinajstić information content (AvgIpc) is 3.09. The van der Waals surface area contributed by atoms with Crippen LogP contribution < -0.4 is 0 Å². The summed E-state index contributed by atoms with van der Waals surface area (Å²) in [6, 6.07) is 10.4. The molecule has 2 aromatic rings. The summed E-state index contributed by atoms with van der Waals surface area (Å²) in [7, 11) is 0. The molecule has 0 bridgehead atoms. The lowest BCUT2D eigenvalue weighted by Crippen LogP contribution is -2.42. The van der Waals surface area contributed by atoms with Crippen molar-refractivity contribution in [2.24, 2.45) is 0 Å². The van der Waals surface area contributed by atoms with Gasteiger partial charge in [-0.2, -0.15) is 0 Å². The van der Waals surface area contributed by atoms with Crippen molar-refractivity contribution in [2.75, 3.05) is 39.4 Å². The van der Waals surface area contributed by atoms with Crippen molar-refractivity contribution in [3.8, 4) is 0 Å². The number of hydrogen-bond donors (Lipinski definition) is 1. The molecule has 9 heteroatoms. The lowest BCUT2D eigenvalue weighted by atomic mass is 9.93. The van der Waals surface area contributed by atoms with Gasteiger partial charge in [0.15, 0.2) is 0 Å². The fourth-order valence-electron chi connectivity index (χ4n) is 4.45. The smallest absolute Gasteiger partial charge is 0.295 e. The molecular formula is C25H27N3O6. The van der Waals surface area contributed by atoms with E-state index in [4.69, 9.17) is 4.74 Å². The molecule has 4 rings (SSSR count). The molecule has 9 nitrogen and oxygen atoms in total. The van der Waals surface area contributed by atoms with Crippen LogP contribution in [0.2, 0.25) is 0 Å². The second-order valence-corrected chi connectivity index (χ2v) is 8.61. The maximum atomic E-state index is 13.2. The molecule has 2 aliphatic heterocycles. The first-order valence-corrected chi connectivity index (χ1v) is 11.2. The largest absolute Gasteiger partial charge is 0.507 e. The van der Waals surface area contributed by atoms with Gasteiger partial charge in [-0.15, -0.1) is 0 Å². The number of nitro groups is 1. The Morgan fingerprint density at radius 1 is 1.09 bits per heavy atom. The zero-order valence-electron chi connectivity index (χ0n) is 19.2. The fourth-order valence-corrected chi connectivity index (χ4v) is 4.45. The third-order valence-corrected chi connectivity index (χ3v) is 6.37. The lowest BCUT2D eigenvalue weighted by Gasteiger charge is -2.31. The number of ether oxygens (including phenoxy) is 1. The molecule has 0 aromatic heterocycles. The number of aliphatic hydroxyl groups is 1. The number of hydrogen-bond acceptors (Lipinski definition) is 7. The Labute approximate surface area is 197 Å². The van der Waals surface area contributed by atoms with Crippen LogP contribution in [0.3, 0.4) is 0 Å². The van der Waals surface area contributed by atoms with Gasteiger partial charge in [-0.3, -0.25) is 24.6 Å². The van der Waals surface area contributed by atoms with Gasteiger partial charge in [-0.1, -0.05) is 17.7 Å². The molecule has 2 fully saturated rings. The molecule has 1 amide bonds. The second kappa shape index (κ2) is 9.74. The number of nitrogens with zero attached hydrogens (tertiary/aromatic N) is 3. The van der Waals surface area contributed by atoms with Gasteiger partial charge in [0, 0.05) is 43.9 Å². The van der Waals surface area contributed by atoms with Crippen molar-refractivity contribution >= 4 is 23.1 Å². The Bertz CT molecular complexity index is 1150. The zero-order valence-corrected chi connectivity index (χ0v) is 19.2. The molecule has 1 N–H and O–H groups in total. The van der Waals surface area contributed by atoms with Crippen LogP contribution in [0.1, 0.15) is 28.3 Å². The molecule has 1 unspecified atom stereocenters. The fraction of sp³-hybridized carbons (Fsp3) is 0.360. The van der Waals surface area contributed by atoms with Gasteiger partial charge in [0.1, 0.15) is 5.76 Å². The van der Waals surface area contributed by atoms with Crippen molar-refractivity contribution in [1.82, 2.24) is 9.80 Å². The monoisotopic (exact) mass is 465 g/mol. The molecular weight excluding hydrogens is 438 g/mol. The van der Waals surface area contributed by atoms with Crippen molar-refractivity contribution in [1.29, 1.82) is 0 Å². The molecule has 2 aromatic carbocycles. The zero-order chi connectivity index (χ0) is 24.4. The SMILES string of the molecule is Cc1ccc(C)c(/C(O)=C2\C(=O)C(=O)N(CCN3CCOCC3)C2c2ccc([N+](=O)[O-])cc2)c1. The normalized spacial score (nSPS) is 20.6. The highest BCUT2D eigenvalue weighted by Gasteiger charge is 2.46. The van der Waals surface area contributed by atoms with Crippen LogP contribution >= 0.6 is 0 Å². The van der Waals surface area contributed by atoms with E-state index < -0.39 is 22.7 Å². The van der Waals surface area contributed by atoms with E-state index in [1.807, 2.05) is 26.0 Å². The summed E-state index contributed by atoms with van der Waals surface area (Å²) in [5.41, 5.74) is 2.58. The van der Waals surface area contributed by atoms with E-state index in [1.165, 1.54) is 29.2 Å². The minimum atomic E-state index is -0.846. The van der Waals surface area contributed by atoms with Gasteiger partial charge < -0.3 is 14.7 Å². The number of aliphatic hydroxyl groups excluding tert-OH is 1. The molecule has 0 radical (unpaired) electrons. The topological polar surface area (TPSA) is 113 Å². The van der Waals surface area contributed by atoms with Crippen molar-refractivity contribution in [3.05, 3.63) is 80.4 Å². The number of non-ortho nitro benzene ring substituents is 1. The molecule has 2 heterocycles. The van der Waals surface area contributed by atoms with Crippen LogP contribution in [0, 0.1) is 24.0 Å². The average molecular weight is 466 g/mol. The highest BCUT2D eigenvalue weighted by molar-refractivity contribution is 6.46. The summed E-state index contributed by atoms with van der Waals surface area (Å²) >= 11 is 0. The highest BCUT2D eigenvalue weighted by Crippen LogP contribution is 2.40. The van der Waals surface area contributed by atoms with E-state index in [0.29, 0.717) is 30.9 Å². The van der Waals surface area contributed by atoms with Crippen LogP contribution in [0.4, 0.5) is 5.69 Å². The highest BCUT2D eigenvalue weighted by atomic mass is 16.6. The minimum absolute atomic E-state index is 0.00506. The summed E-state index contributed by atoms with van der Waals surface area (Å²) in [5.74, 6) is -1.69.